The molecule has 0 N–H and O–H groups in total. The van der Waals surface area contributed by atoms with Gasteiger partial charge >= 0.3 is 11.9 Å². The molecule has 4 rings (SSSR count). The number of hydrogen-bond donors (Lipinski definition) is 0. The number of carbonyl (C=O) groups is 2. The minimum atomic E-state index is -0.403. The number of carbonyl (C=O) groups excluding carboxylic acids is 2. The van der Waals surface area contributed by atoms with Crippen molar-refractivity contribution in [3.8, 4) is 11.1 Å². The molecule has 0 saturated heterocycles. The first kappa shape index (κ1) is 21.4. The fourth-order valence-corrected chi connectivity index (χ4v) is 4.95. The quantitative estimate of drug-likeness (QED) is 0.421. The Kier molecular flexibility index (Phi) is 5.79. The minimum Gasteiger partial charge on any atom is -0.466 e. The maximum atomic E-state index is 12.7. The van der Waals surface area contributed by atoms with E-state index in [1.165, 1.54) is 19.7 Å². The third kappa shape index (κ3) is 3.61. The van der Waals surface area contributed by atoms with Crippen LogP contribution in [0.5, 0.6) is 0 Å². The third-order valence-electron chi connectivity index (χ3n) is 5.93. The molecule has 0 spiro atoms. The predicted molar refractivity (Wildman–Crippen MR) is 119 cm³/mol. The highest BCUT2D eigenvalue weighted by molar-refractivity contribution is 6.35. The van der Waals surface area contributed by atoms with Crippen molar-refractivity contribution >= 4 is 34.4 Å². The second kappa shape index (κ2) is 8.38. The first-order valence-corrected chi connectivity index (χ1v) is 10.8. The van der Waals surface area contributed by atoms with Crippen molar-refractivity contribution in [1.82, 2.24) is 14.3 Å². The molecule has 1 aliphatic rings. The zero-order chi connectivity index (χ0) is 22.3. The van der Waals surface area contributed by atoms with E-state index in [2.05, 4.69) is 4.68 Å². The van der Waals surface area contributed by atoms with Gasteiger partial charge in [0.2, 0.25) is 0 Å². The van der Waals surface area contributed by atoms with Gasteiger partial charge in [0.1, 0.15) is 5.69 Å². The van der Waals surface area contributed by atoms with Gasteiger partial charge in [0.25, 0.3) is 0 Å². The summed E-state index contributed by atoms with van der Waals surface area (Å²) in [7, 11) is 3.24. The van der Waals surface area contributed by atoms with E-state index in [0.717, 1.165) is 52.7 Å². The highest BCUT2D eigenvalue weighted by atomic mass is 35.5. The number of esters is 2. The number of fused-ring (bicyclic) bond motifs is 2. The van der Waals surface area contributed by atoms with E-state index in [1.807, 2.05) is 30.7 Å². The maximum absolute atomic E-state index is 12.7. The van der Waals surface area contributed by atoms with Gasteiger partial charge in [0.05, 0.1) is 29.9 Å². The summed E-state index contributed by atoms with van der Waals surface area (Å²) in [5.41, 5.74) is 6.32. The number of hydrogen-bond acceptors (Lipinski definition) is 5. The first-order chi connectivity index (χ1) is 14.8. The average Bonchev–Trinajstić information content (AvgIpc) is 3.37. The Bertz CT molecular complexity index is 1190. The molecule has 0 radical (unpaired) electrons. The van der Waals surface area contributed by atoms with Crippen LogP contribution in [0.25, 0.3) is 22.0 Å². The van der Waals surface area contributed by atoms with Gasteiger partial charge in [-0.05, 0) is 44.2 Å². The van der Waals surface area contributed by atoms with Crippen LogP contribution >= 0.6 is 11.6 Å². The van der Waals surface area contributed by atoms with Gasteiger partial charge in [-0.3, -0.25) is 9.48 Å². The Hall–Kier alpha value is -2.80. The fourth-order valence-electron chi connectivity index (χ4n) is 4.70. The highest BCUT2D eigenvalue weighted by Gasteiger charge is 2.28. The number of ether oxygens (including phenoxy) is 2. The van der Waals surface area contributed by atoms with Gasteiger partial charge in [0.15, 0.2) is 0 Å². The zero-order valence-electron chi connectivity index (χ0n) is 18.2. The van der Waals surface area contributed by atoms with E-state index in [1.54, 1.807) is 0 Å². The third-order valence-corrected chi connectivity index (χ3v) is 6.25. The number of aryl methyl sites for hydroxylation is 4. The molecule has 1 aromatic carbocycles. The molecule has 3 heterocycles. The van der Waals surface area contributed by atoms with Gasteiger partial charge in [-0.1, -0.05) is 17.7 Å². The molecule has 0 atom stereocenters. The second-order valence-electron chi connectivity index (χ2n) is 7.87. The van der Waals surface area contributed by atoms with Crippen LogP contribution in [-0.4, -0.2) is 40.0 Å². The lowest BCUT2D eigenvalue weighted by Crippen LogP contribution is -2.11. The van der Waals surface area contributed by atoms with Crippen LogP contribution < -0.4 is 0 Å². The molecule has 0 unspecified atom stereocenters. The van der Waals surface area contributed by atoms with Crippen molar-refractivity contribution in [2.75, 3.05) is 13.7 Å². The lowest BCUT2D eigenvalue weighted by molar-refractivity contribution is -0.141. The summed E-state index contributed by atoms with van der Waals surface area (Å²) in [5, 5.41) is 6.28. The van der Waals surface area contributed by atoms with Gasteiger partial charge < -0.3 is 14.0 Å². The second-order valence-corrected chi connectivity index (χ2v) is 8.28. The lowest BCUT2D eigenvalue weighted by atomic mass is 9.97. The Labute approximate surface area is 185 Å². The summed E-state index contributed by atoms with van der Waals surface area (Å²) in [6, 6.07) is 3.84. The maximum Gasteiger partial charge on any atom is 0.354 e. The topological polar surface area (TPSA) is 75.4 Å². The molecule has 0 bridgehead atoms. The molecular formula is C23H26ClN3O4. The molecule has 0 fully saturated rings. The zero-order valence-corrected chi connectivity index (χ0v) is 19.0. The number of aromatic nitrogens is 3. The predicted octanol–water partition coefficient (Wildman–Crippen LogP) is 4.23. The summed E-state index contributed by atoms with van der Waals surface area (Å²) < 4.78 is 14.1. The monoisotopic (exact) mass is 443 g/mol. The number of benzene rings is 1. The molecule has 2 aromatic heterocycles. The Morgan fingerprint density at radius 3 is 2.74 bits per heavy atom. The molecule has 0 saturated carbocycles. The smallest absolute Gasteiger partial charge is 0.354 e. The Morgan fingerprint density at radius 1 is 1.26 bits per heavy atom. The largest absolute Gasteiger partial charge is 0.466 e. The normalized spacial score (nSPS) is 12.9. The number of nitrogens with zero attached hydrogens (tertiary/aromatic N) is 3. The summed E-state index contributed by atoms with van der Waals surface area (Å²) in [6.07, 6.45) is 3.18. The first-order valence-electron chi connectivity index (χ1n) is 10.4. The molecule has 0 amide bonds. The van der Waals surface area contributed by atoms with Crippen molar-refractivity contribution < 1.29 is 19.1 Å². The number of rotatable bonds is 6. The van der Waals surface area contributed by atoms with Crippen LogP contribution in [-0.2, 0) is 40.7 Å². The standard InChI is InChI=1S/C23H26ClN3O4/c1-13-19(18-8-5-11-27(18)25-13)20-17(24)10-9-16-15(7-6-12-31-14(2)28)22(23(29)30-4)26(3)21(16)20/h9-10H,5-8,11-12H2,1-4H3. The van der Waals surface area contributed by atoms with Crippen molar-refractivity contribution in [2.45, 2.75) is 46.1 Å². The lowest BCUT2D eigenvalue weighted by Gasteiger charge is -2.11. The summed E-state index contributed by atoms with van der Waals surface area (Å²) in [4.78, 5) is 23.8. The van der Waals surface area contributed by atoms with Gasteiger partial charge in [0, 0.05) is 42.7 Å². The molecule has 7 nitrogen and oxygen atoms in total. The van der Waals surface area contributed by atoms with Gasteiger partial charge in [-0.25, -0.2) is 4.79 Å². The molecule has 1 aliphatic heterocycles. The molecule has 0 aliphatic carbocycles. The van der Waals surface area contributed by atoms with E-state index in [0.29, 0.717) is 30.2 Å². The van der Waals surface area contributed by atoms with Gasteiger partial charge in [-0.2, -0.15) is 5.10 Å². The van der Waals surface area contributed by atoms with Crippen molar-refractivity contribution in [3.63, 3.8) is 0 Å². The average molecular weight is 444 g/mol. The molecular weight excluding hydrogens is 418 g/mol. The summed E-state index contributed by atoms with van der Waals surface area (Å²) in [6.45, 7) is 4.59. The van der Waals surface area contributed by atoms with Crippen LogP contribution in [0.4, 0.5) is 0 Å². The number of halogens is 1. The number of methoxy groups -OCH3 is 1. The van der Waals surface area contributed by atoms with Crippen LogP contribution in [0.1, 0.15) is 47.2 Å². The van der Waals surface area contributed by atoms with Crippen LogP contribution in [0, 0.1) is 6.92 Å². The van der Waals surface area contributed by atoms with E-state index in [-0.39, 0.29) is 5.97 Å². The molecule has 31 heavy (non-hydrogen) atoms. The fraction of sp³-hybridized carbons (Fsp3) is 0.435. The van der Waals surface area contributed by atoms with Crippen molar-refractivity contribution in [2.24, 2.45) is 7.05 Å². The summed E-state index contributed by atoms with van der Waals surface area (Å²) >= 11 is 6.75. The molecule has 164 valence electrons. The summed E-state index contributed by atoms with van der Waals surface area (Å²) in [5.74, 6) is -0.717. The Morgan fingerprint density at radius 2 is 2.03 bits per heavy atom. The minimum absolute atomic E-state index is 0.294. The molecule has 8 heteroatoms. The molecule has 3 aromatic rings. The highest BCUT2D eigenvalue weighted by Crippen LogP contribution is 2.43. The van der Waals surface area contributed by atoms with Crippen molar-refractivity contribution in [3.05, 3.63) is 39.8 Å². The Balaban J connectivity index is 1.92. The van der Waals surface area contributed by atoms with E-state index in [9.17, 15) is 9.59 Å². The van der Waals surface area contributed by atoms with Crippen LogP contribution in [0.3, 0.4) is 0 Å². The van der Waals surface area contributed by atoms with Crippen LogP contribution in [0.15, 0.2) is 12.1 Å². The van der Waals surface area contributed by atoms with E-state index >= 15 is 0 Å². The van der Waals surface area contributed by atoms with Crippen LogP contribution in [0.2, 0.25) is 5.02 Å². The van der Waals surface area contributed by atoms with Gasteiger partial charge in [-0.15, -0.1) is 0 Å². The SMILES string of the molecule is COC(=O)c1c(CCCOC(C)=O)c2ccc(Cl)c(-c3c(C)nn4c3CCC4)c2n1C. The van der Waals surface area contributed by atoms with E-state index in [4.69, 9.17) is 26.2 Å². The van der Waals surface area contributed by atoms with E-state index < -0.39 is 5.97 Å². The van der Waals surface area contributed by atoms with Crippen molar-refractivity contribution in [1.29, 1.82) is 0 Å².